The molecule has 232 valence electrons. The number of fused-ring (bicyclic) bond motifs is 1. The zero-order valence-corrected chi connectivity index (χ0v) is 25.8. The Morgan fingerprint density at radius 1 is 1.21 bits per heavy atom. The lowest BCUT2D eigenvalue weighted by Crippen LogP contribution is -2.47. The number of aromatic nitrogens is 1. The number of pyridine rings is 1. The topological polar surface area (TPSA) is 160 Å². The molecule has 2 unspecified atom stereocenters. The average Bonchev–Trinajstić information content (AvgIpc) is 3.37. The third-order valence-corrected chi connectivity index (χ3v) is 11.6. The highest BCUT2D eigenvalue weighted by atomic mass is 35.5. The van der Waals surface area contributed by atoms with Gasteiger partial charge in [-0.25, -0.2) is 21.6 Å². The Bertz CT molecular complexity index is 1500. The Balaban J connectivity index is 1.11. The number of nitrogens with one attached hydrogen (secondary N) is 2. The molecule has 0 radical (unpaired) electrons. The van der Waals surface area contributed by atoms with Crippen LogP contribution in [-0.2, 0) is 24.8 Å². The number of hydrogen-bond donors (Lipinski definition) is 3. The molecular weight excluding hydrogens is 610 g/mol. The largest absolute Gasteiger partial charge is 0.491 e. The van der Waals surface area contributed by atoms with Crippen molar-refractivity contribution in [2.24, 2.45) is 0 Å². The third kappa shape index (κ3) is 6.63. The lowest BCUT2D eigenvalue weighted by Gasteiger charge is -2.38. The maximum Gasteiger partial charge on any atom is 0.246 e. The Morgan fingerprint density at radius 2 is 1.98 bits per heavy atom. The first-order chi connectivity index (χ1) is 19.9. The number of likely N-dealkylation sites (N-methyl/N-ethyl adjacent to an activating group) is 1. The van der Waals surface area contributed by atoms with Crippen molar-refractivity contribution < 1.29 is 36.2 Å². The summed E-state index contributed by atoms with van der Waals surface area (Å²) < 4.78 is 72.0. The maximum absolute atomic E-state index is 13.5. The lowest BCUT2D eigenvalue weighted by atomic mass is 9.88. The molecule has 2 fully saturated rings. The fourth-order valence-corrected chi connectivity index (χ4v) is 8.06. The first-order valence-corrected chi connectivity index (χ1v) is 17.0. The van der Waals surface area contributed by atoms with Crippen molar-refractivity contribution in [2.45, 2.75) is 46.8 Å². The number of hydrogen-bond acceptors (Lipinski definition) is 11. The zero-order valence-electron chi connectivity index (χ0n) is 23.5. The normalized spacial score (nSPS) is 21.6. The van der Waals surface area contributed by atoms with Crippen LogP contribution in [0.25, 0.3) is 0 Å². The molecule has 3 aliphatic rings. The summed E-state index contributed by atoms with van der Waals surface area (Å²) in [6.45, 7) is 2.31. The van der Waals surface area contributed by atoms with Gasteiger partial charge in [0.2, 0.25) is 25.9 Å². The number of aliphatic hydroxyl groups excluding tert-OH is 1. The van der Waals surface area contributed by atoms with Crippen LogP contribution >= 0.6 is 11.6 Å². The summed E-state index contributed by atoms with van der Waals surface area (Å²) in [5, 5.41) is 13.6. The van der Waals surface area contributed by atoms with Gasteiger partial charge in [-0.05, 0) is 44.5 Å². The second-order valence-corrected chi connectivity index (χ2v) is 14.9. The second-order valence-electron chi connectivity index (χ2n) is 10.7. The minimum atomic E-state index is -3.87. The number of rotatable bonds is 10. The minimum Gasteiger partial charge on any atom is -0.491 e. The van der Waals surface area contributed by atoms with Gasteiger partial charge in [0.1, 0.15) is 35.7 Å². The molecule has 0 aliphatic carbocycles. The van der Waals surface area contributed by atoms with Gasteiger partial charge < -0.3 is 29.5 Å². The van der Waals surface area contributed by atoms with Crippen LogP contribution in [0.4, 0.5) is 5.69 Å². The van der Waals surface area contributed by atoms with Crippen molar-refractivity contribution in [3.05, 3.63) is 35.5 Å². The average molecular weight is 646 g/mol. The molecule has 2 aromatic rings. The van der Waals surface area contributed by atoms with Gasteiger partial charge in [0.25, 0.3) is 0 Å². The van der Waals surface area contributed by atoms with Gasteiger partial charge >= 0.3 is 0 Å². The smallest absolute Gasteiger partial charge is 0.246 e. The molecule has 4 heterocycles. The van der Waals surface area contributed by atoms with E-state index in [1.165, 1.54) is 29.6 Å². The molecule has 42 heavy (non-hydrogen) atoms. The van der Waals surface area contributed by atoms with E-state index in [1.807, 2.05) is 11.9 Å². The number of ether oxygens (including phenoxy) is 3. The van der Waals surface area contributed by atoms with Gasteiger partial charge in [-0.1, -0.05) is 17.7 Å². The highest BCUT2D eigenvalue weighted by Crippen LogP contribution is 2.40. The highest BCUT2D eigenvalue weighted by molar-refractivity contribution is 7.89. The fraction of sp³-hybridized carbons (Fsp3) is 0.577. The summed E-state index contributed by atoms with van der Waals surface area (Å²) in [4.78, 5) is 6.13. The minimum absolute atomic E-state index is 0.0123. The number of aliphatic hydroxyl groups is 1. The van der Waals surface area contributed by atoms with Crippen molar-refractivity contribution in [2.75, 3.05) is 65.0 Å². The predicted octanol–water partition coefficient (Wildman–Crippen LogP) is 0.813. The van der Waals surface area contributed by atoms with Gasteiger partial charge in [0, 0.05) is 38.8 Å². The van der Waals surface area contributed by atoms with E-state index in [0.29, 0.717) is 56.3 Å². The Kier molecular flexibility index (Phi) is 9.21. The molecule has 1 spiro atoms. The highest BCUT2D eigenvalue weighted by Gasteiger charge is 2.45. The second kappa shape index (κ2) is 12.4. The number of anilines is 1. The van der Waals surface area contributed by atoms with Gasteiger partial charge in [0.05, 0.1) is 23.6 Å². The van der Waals surface area contributed by atoms with Gasteiger partial charge in [-0.3, -0.25) is 0 Å². The molecule has 2 atom stereocenters. The van der Waals surface area contributed by atoms with Crippen LogP contribution < -0.4 is 24.4 Å². The number of sulfonamides is 2. The maximum atomic E-state index is 13.5. The van der Waals surface area contributed by atoms with Crippen LogP contribution in [0.15, 0.2) is 40.1 Å². The van der Waals surface area contributed by atoms with Gasteiger partial charge in [-0.2, -0.15) is 9.29 Å². The van der Waals surface area contributed by atoms with Crippen LogP contribution in [0.1, 0.15) is 19.3 Å². The Labute approximate surface area is 251 Å². The predicted molar refractivity (Wildman–Crippen MR) is 155 cm³/mol. The van der Waals surface area contributed by atoms with E-state index in [2.05, 4.69) is 15.0 Å². The van der Waals surface area contributed by atoms with Gasteiger partial charge in [0.15, 0.2) is 5.15 Å². The molecule has 3 N–H and O–H groups in total. The molecule has 13 nitrogen and oxygen atoms in total. The quantitative estimate of drug-likeness (QED) is 0.314. The van der Waals surface area contributed by atoms with Crippen LogP contribution in [0.5, 0.6) is 11.6 Å². The summed E-state index contributed by atoms with van der Waals surface area (Å²) in [7, 11) is -4.28. The lowest BCUT2D eigenvalue weighted by molar-refractivity contribution is -0.0312. The molecule has 1 aromatic heterocycles. The fourth-order valence-electron chi connectivity index (χ4n) is 5.41. The van der Waals surface area contributed by atoms with E-state index in [1.54, 1.807) is 12.1 Å². The monoisotopic (exact) mass is 645 g/mol. The van der Waals surface area contributed by atoms with Crippen molar-refractivity contribution in [1.82, 2.24) is 19.3 Å². The Hall–Kier alpha value is -2.24. The SMILES string of the molecule is CNS(=O)(=O)c1cccc(OCC(O)CNC2COC3(CCN(S(=O)(=O)c4cc5c(nc4Cl)OCCN5C)CC3)C2)c1. The van der Waals surface area contributed by atoms with E-state index < -0.39 is 31.8 Å². The molecule has 3 aliphatic heterocycles. The van der Waals surface area contributed by atoms with E-state index >= 15 is 0 Å². The van der Waals surface area contributed by atoms with Crippen molar-refractivity contribution in [3.63, 3.8) is 0 Å². The summed E-state index contributed by atoms with van der Waals surface area (Å²) >= 11 is 6.30. The zero-order chi connectivity index (χ0) is 30.1. The first-order valence-electron chi connectivity index (χ1n) is 13.7. The molecule has 16 heteroatoms. The number of piperidine rings is 1. The molecule has 0 saturated carbocycles. The first kappa shape index (κ1) is 31.2. The molecule has 1 aromatic carbocycles. The summed E-state index contributed by atoms with van der Waals surface area (Å²) in [5.74, 6) is 0.664. The molecule has 0 bridgehead atoms. The van der Waals surface area contributed by atoms with E-state index in [4.69, 9.17) is 25.8 Å². The third-order valence-electron chi connectivity index (χ3n) is 7.90. The van der Waals surface area contributed by atoms with Crippen molar-refractivity contribution in [3.8, 4) is 11.6 Å². The molecule has 0 amide bonds. The Morgan fingerprint density at radius 3 is 2.71 bits per heavy atom. The van der Waals surface area contributed by atoms with Crippen molar-refractivity contribution >= 4 is 37.3 Å². The number of nitrogens with zero attached hydrogens (tertiary/aromatic N) is 3. The molecular formula is C26H36ClN5O8S2. The summed E-state index contributed by atoms with van der Waals surface area (Å²) in [6, 6.07) is 7.57. The van der Waals surface area contributed by atoms with Crippen LogP contribution in [0.3, 0.4) is 0 Å². The van der Waals surface area contributed by atoms with Crippen LogP contribution in [-0.4, -0.2) is 109 Å². The summed E-state index contributed by atoms with van der Waals surface area (Å²) in [5.41, 5.74) is 0.143. The summed E-state index contributed by atoms with van der Waals surface area (Å²) in [6.07, 6.45) is 0.904. The van der Waals surface area contributed by atoms with Crippen LogP contribution in [0.2, 0.25) is 5.15 Å². The molecule has 2 saturated heterocycles. The number of benzene rings is 1. The van der Waals surface area contributed by atoms with Crippen LogP contribution in [0, 0.1) is 0 Å². The van der Waals surface area contributed by atoms with Crippen molar-refractivity contribution in [1.29, 1.82) is 0 Å². The van der Waals surface area contributed by atoms with E-state index in [-0.39, 0.29) is 47.2 Å². The van der Waals surface area contributed by atoms with E-state index in [0.717, 1.165) is 0 Å². The standard InChI is InChI=1S/C26H36ClN5O8S2/c1-28-41(34,35)21-5-3-4-20(12-21)39-17-19(33)15-29-18-14-26(40-16-18)6-8-32(9-7-26)42(36,37)23-13-22-25(30-24(23)27)38-11-10-31(22)2/h3-5,12-13,18-19,28-29,33H,6-11,14-17H2,1-2H3. The van der Waals surface area contributed by atoms with Gasteiger partial charge in [-0.15, -0.1) is 0 Å². The molecule has 5 rings (SSSR count). The van der Waals surface area contributed by atoms with E-state index in [9.17, 15) is 21.9 Å². The number of halogens is 1.